The van der Waals surface area contributed by atoms with E-state index in [1.165, 1.54) is 5.56 Å². The molecule has 21 heavy (non-hydrogen) atoms. The first-order valence-corrected chi connectivity index (χ1v) is 7.41. The number of carbonyl (C=O) groups is 1. The van der Waals surface area contributed by atoms with E-state index in [1.54, 1.807) is 0 Å². The maximum Gasteiger partial charge on any atom is 0.322 e. The molecule has 1 heterocycles. The fourth-order valence-corrected chi connectivity index (χ4v) is 1.96. The number of hydrogen-bond donors (Lipinski definition) is 1. The van der Waals surface area contributed by atoms with Crippen LogP contribution >= 0.6 is 0 Å². The summed E-state index contributed by atoms with van der Waals surface area (Å²) >= 11 is 0. The highest BCUT2D eigenvalue weighted by molar-refractivity contribution is 5.88. The lowest BCUT2D eigenvalue weighted by molar-refractivity contribution is -0.116. The summed E-state index contributed by atoms with van der Waals surface area (Å²) in [6, 6.07) is 8.49. The number of anilines is 1. The van der Waals surface area contributed by atoms with Crippen molar-refractivity contribution in [3.8, 4) is 0 Å². The lowest BCUT2D eigenvalue weighted by Gasteiger charge is -2.00. The van der Waals surface area contributed by atoms with Crippen LogP contribution in [0.5, 0.6) is 0 Å². The van der Waals surface area contributed by atoms with Gasteiger partial charge in [-0.3, -0.25) is 10.1 Å². The molecular weight excluding hydrogens is 266 g/mol. The van der Waals surface area contributed by atoms with Crippen LogP contribution in [0.1, 0.15) is 50.1 Å². The van der Waals surface area contributed by atoms with Gasteiger partial charge in [0.2, 0.25) is 11.8 Å². The van der Waals surface area contributed by atoms with Crippen molar-refractivity contribution in [1.29, 1.82) is 0 Å². The molecule has 0 aliphatic carbocycles. The zero-order chi connectivity index (χ0) is 15.1. The van der Waals surface area contributed by atoms with Gasteiger partial charge in [0.15, 0.2) is 0 Å². The first-order valence-electron chi connectivity index (χ1n) is 7.41. The van der Waals surface area contributed by atoms with Gasteiger partial charge in [0.1, 0.15) is 0 Å². The van der Waals surface area contributed by atoms with E-state index >= 15 is 0 Å². The van der Waals surface area contributed by atoms with E-state index in [0.29, 0.717) is 18.7 Å². The van der Waals surface area contributed by atoms with Gasteiger partial charge in [-0.2, -0.15) is 0 Å². The van der Waals surface area contributed by atoms with Gasteiger partial charge in [-0.15, -0.1) is 5.10 Å². The molecule has 0 bridgehead atoms. The Kier molecular flexibility index (Phi) is 5.49. The Bertz CT molecular complexity index is 575. The Labute approximate surface area is 124 Å². The van der Waals surface area contributed by atoms with E-state index in [-0.39, 0.29) is 11.9 Å². The number of nitrogens with one attached hydrogen (secondary N) is 1. The highest BCUT2D eigenvalue weighted by Gasteiger charge is 2.09. The summed E-state index contributed by atoms with van der Waals surface area (Å²) in [5.41, 5.74) is 2.41. The molecule has 0 atom stereocenters. The van der Waals surface area contributed by atoms with Gasteiger partial charge in [-0.1, -0.05) is 49.6 Å². The van der Waals surface area contributed by atoms with Crippen LogP contribution < -0.4 is 5.32 Å². The number of rotatable bonds is 7. The number of aryl methyl sites for hydroxylation is 1. The predicted molar refractivity (Wildman–Crippen MR) is 81.1 cm³/mol. The monoisotopic (exact) mass is 287 g/mol. The number of benzene rings is 1. The van der Waals surface area contributed by atoms with Gasteiger partial charge in [0.05, 0.1) is 6.42 Å². The SMILES string of the molecule is CCCCC(=O)Nc1nnc(Cc2ccc(CC)cc2)o1. The fourth-order valence-electron chi connectivity index (χ4n) is 1.96. The Hall–Kier alpha value is -2.17. The van der Waals surface area contributed by atoms with Crippen molar-refractivity contribution in [3.05, 3.63) is 41.3 Å². The predicted octanol–water partition coefficient (Wildman–Crippen LogP) is 3.35. The van der Waals surface area contributed by atoms with E-state index in [1.807, 2.05) is 6.92 Å². The molecule has 0 radical (unpaired) electrons. The molecule has 5 heteroatoms. The second-order valence-electron chi connectivity index (χ2n) is 5.00. The lowest BCUT2D eigenvalue weighted by atomic mass is 10.1. The smallest absolute Gasteiger partial charge is 0.322 e. The van der Waals surface area contributed by atoms with Crippen LogP contribution in [0.25, 0.3) is 0 Å². The van der Waals surface area contributed by atoms with Gasteiger partial charge in [0.25, 0.3) is 0 Å². The van der Waals surface area contributed by atoms with Gasteiger partial charge in [-0.25, -0.2) is 0 Å². The molecule has 5 nitrogen and oxygen atoms in total. The Morgan fingerprint density at radius 3 is 2.52 bits per heavy atom. The van der Waals surface area contributed by atoms with Crippen LogP contribution in [0.4, 0.5) is 6.01 Å². The van der Waals surface area contributed by atoms with Crippen molar-refractivity contribution in [2.45, 2.75) is 46.0 Å². The molecule has 1 aromatic carbocycles. The largest absolute Gasteiger partial charge is 0.407 e. The number of hydrogen-bond acceptors (Lipinski definition) is 4. The number of nitrogens with zero attached hydrogens (tertiary/aromatic N) is 2. The maximum absolute atomic E-state index is 11.6. The van der Waals surface area contributed by atoms with Crippen LogP contribution in [-0.2, 0) is 17.6 Å². The summed E-state index contributed by atoms with van der Waals surface area (Å²) in [5.74, 6) is 0.421. The van der Waals surface area contributed by atoms with E-state index in [4.69, 9.17) is 4.42 Å². The van der Waals surface area contributed by atoms with Crippen LogP contribution in [0.2, 0.25) is 0 Å². The highest BCUT2D eigenvalue weighted by atomic mass is 16.4. The summed E-state index contributed by atoms with van der Waals surface area (Å²) in [4.78, 5) is 11.6. The molecule has 0 saturated carbocycles. The summed E-state index contributed by atoms with van der Waals surface area (Å²) in [5, 5.41) is 10.4. The van der Waals surface area contributed by atoms with E-state index in [9.17, 15) is 4.79 Å². The minimum atomic E-state index is -0.0839. The molecule has 112 valence electrons. The molecule has 2 rings (SSSR count). The molecule has 0 saturated heterocycles. The van der Waals surface area contributed by atoms with Crippen molar-refractivity contribution in [1.82, 2.24) is 10.2 Å². The topological polar surface area (TPSA) is 68.0 Å². The van der Waals surface area contributed by atoms with Crippen molar-refractivity contribution < 1.29 is 9.21 Å². The molecular formula is C16H21N3O2. The standard InChI is InChI=1S/C16H21N3O2/c1-3-5-6-14(20)17-16-19-18-15(21-16)11-13-9-7-12(4-2)8-10-13/h7-10H,3-6,11H2,1-2H3,(H,17,19,20). The zero-order valence-corrected chi connectivity index (χ0v) is 12.6. The van der Waals surface area contributed by atoms with Crippen molar-refractivity contribution in [2.75, 3.05) is 5.32 Å². The first kappa shape index (κ1) is 15.2. The minimum absolute atomic E-state index is 0.0839. The maximum atomic E-state index is 11.6. The third-order valence-electron chi connectivity index (χ3n) is 3.26. The van der Waals surface area contributed by atoms with Crippen LogP contribution in [0.3, 0.4) is 0 Å². The fraction of sp³-hybridized carbons (Fsp3) is 0.438. The average Bonchev–Trinajstić information content (AvgIpc) is 2.93. The second kappa shape index (κ2) is 7.57. The summed E-state index contributed by atoms with van der Waals surface area (Å²) in [7, 11) is 0. The Balaban J connectivity index is 1.91. The van der Waals surface area contributed by atoms with Crippen LogP contribution in [0, 0.1) is 0 Å². The second-order valence-corrected chi connectivity index (χ2v) is 5.00. The lowest BCUT2D eigenvalue weighted by Crippen LogP contribution is -2.11. The number of aromatic nitrogens is 2. The summed E-state index contributed by atoms with van der Waals surface area (Å²) < 4.78 is 5.44. The molecule has 2 aromatic rings. The third kappa shape index (κ3) is 4.70. The number of unbranched alkanes of at least 4 members (excludes halogenated alkanes) is 1. The molecule has 0 fully saturated rings. The minimum Gasteiger partial charge on any atom is -0.407 e. The normalized spacial score (nSPS) is 10.6. The Morgan fingerprint density at radius 1 is 1.14 bits per heavy atom. The molecule has 0 aliphatic heterocycles. The molecule has 1 amide bonds. The number of amides is 1. The van der Waals surface area contributed by atoms with Gasteiger partial charge in [0, 0.05) is 6.42 Å². The van der Waals surface area contributed by atoms with Crippen LogP contribution in [-0.4, -0.2) is 16.1 Å². The van der Waals surface area contributed by atoms with Gasteiger partial charge >= 0.3 is 6.01 Å². The average molecular weight is 287 g/mol. The van der Waals surface area contributed by atoms with Gasteiger partial charge < -0.3 is 4.42 Å². The van der Waals surface area contributed by atoms with Gasteiger partial charge in [-0.05, 0) is 24.0 Å². The molecule has 0 aliphatic rings. The first-order chi connectivity index (χ1) is 10.2. The number of carbonyl (C=O) groups excluding carboxylic acids is 1. The van der Waals surface area contributed by atoms with E-state index in [0.717, 1.165) is 24.8 Å². The van der Waals surface area contributed by atoms with E-state index < -0.39 is 0 Å². The third-order valence-corrected chi connectivity index (χ3v) is 3.26. The zero-order valence-electron chi connectivity index (χ0n) is 12.6. The van der Waals surface area contributed by atoms with E-state index in [2.05, 4.69) is 46.7 Å². The summed E-state index contributed by atoms with van der Waals surface area (Å²) in [6.45, 7) is 4.17. The molecule has 1 aromatic heterocycles. The summed E-state index contributed by atoms with van der Waals surface area (Å²) in [6.07, 6.45) is 3.91. The Morgan fingerprint density at radius 2 is 1.86 bits per heavy atom. The highest BCUT2D eigenvalue weighted by Crippen LogP contribution is 2.13. The molecule has 1 N–H and O–H groups in total. The van der Waals surface area contributed by atoms with Crippen molar-refractivity contribution >= 4 is 11.9 Å². The molecule has 0 unspecified atom stereocenters. The van der Waals surface area contributed by atoms with Crippen molar-refractivity contribution in [2.24, 2.45) is 0 Å². The van der Waals surface area contributed by atoms with Crippen LogP contribution in [0.15, 0.2) is 28.7 Å². The quantitative estimate of drug-likeness (QED) is 0.848. The molecule has 0 spiro atoms. The van der Waals surface area contributed by atoms with Crippen molar-refractivity contribution in [3.63, 3.8) is 0 Å².